The van der Waals surface area contributed by atoms with Gasteiger partial charge in [-0.05, 0) is 29.7 Å². The second-order valence-electron chi connectivity index (χ2n) is 5.96. The monoisotopic (exact) mass is 289 g/mol. The average Bonchev–Trinajstić information content (AvgIpc) is 2.83. The van der Waals surface area contributed by atoms with Crippen LogP contribution in [0.2, 0.25) is 0 Å². The maximum absolute atomic E-state index is 5.92. The SMILES string of the molecule is COc1ccc(OCCn2ccc(N)n2)c(C(C)(C)C)c1. The van der Waals surface area contributed by atoms with Crippen molar-refractivity contribution in [3.8, 4) is 11.5 Å². The Bertz CT molecular complexity index is 600. The largest absolute Gasteiger partial charge is 0.497 e. The number of hydrogen-bond acceptors (Lipinski definition) is 4. The smallest absolute Gasteiger partial charge is 0.145 e. The Hall–Kier alpha value is -2.17. The summed E-state index contributed by atoms with van der Waals surface area (Å²) in [6, 6.07) is 7.67. The molecule has 114 valence electrons. The standard InChI is InChI=1S/C16H23N3O2/c1-16(2,3)13-11-12(20-4)5-6-14(13)21-10-9-19-8-7-15(17)18-19/h5-8,11H,9-10H2,1-4H3,(H2,17,18). The van der Waals surface area contributed by atoms with Crippen LogP contribution in [0.5, 0.6) is 11.5 Å². The minimum absolute atomic E-state index is 0.0139. The summed E-state index contributed by atoms with van der Waals surface area (Å²) in [7, 11) is 1.67. The molecule has 0 fully saturated rings. The van der Waals surface area contributed by atoms with E-state index in [1.807, 2.05) is 24.4 Å². The van der Waals surface area contributed by atoms with Crippen LogP contribution in [0.1, 0.15) is 26.3 Å². The molecule has 0 saturated heterocycles. The summed E-state index contributed by atoms with van der Waals surface area (Å²) in [4.78, 5) is 0. The molecule has 1 aromatic carbocycles. The number of benzene rings is 1. The van der Waals surface area contributed by atoms with E-state index in [4.69, 9.17) is 15.2 Å². The molecule has 2 aromatic rings. The van der Waals surface area contributed by atoms with Gasteiger partial charge < -0.3 is 15.2 Å². The molecule has 0 atom stereocenters. The van der Waals surface area contributed by atoms with Crippen molar-refractivity contribution in [1.82, 2.24) is 9.78 Å². The lowest BCUT2D eigenvalue weighted by Gasteiger charge is -2.23. The molecule has 21 heavy (non-hydrogen) atoms. The van der Waals surface area contributed by atoms with E-state index in [0.717, 1.165) is 17.1 Å². The Morgan fingerprint density at radius 3 is 2.57 bits per heavy atom. The lowest BCUT2D eigenvalue weighted by Crippen LogP contribution is -2.15. The maximum Gasteiger partial charge on any atom is 0.145 e. The first-order valence-corrected chi connectivity index (χ1v) is 7.00. The molecule has 0 aliphatic carbocycles. The van der Waals surface area contributed by atoms with Crippen LogP contribution in [-0.4, -0.2) is 23.5 Å². The fourth-order valence-corrected chi connectivity index (χ4v) is 2.10. The molecular weight excluding hydrogens is 266 g/mol. The quantitative estimate of drug-likeness (QED) is 0.919. The average molecular weight is 289 g/mol. The number of rotatable bonds is 5. The van der Waals surface area contributed by atoms with Crippen molar-refractivity contribution in [1.29, 1.82) is 0 Å². The number of nitrogen functional groups attached to an aromatic ring is 1. The molecule has 0 aliphatic rings. The molecule has 0 bridgehead atoms. The summed E-state index contributed by atoms with van der Waals surface area (Å²) in [6.45, 7) is 7.66. The first kappa shape index (κ1) is 15.2. The lowest BCUT2D eigenvalue weighted by molar-refractivity contribution is 0.284. The van der Waals surface area contributed by atoms with E-state index in [2.05, 4.69) is 25.9 Å². The van der Waals surface area contributed by atoms with Crippen LogP contribution >= 0.6 is 0 Å². The summed E-state index contributed by atoms with van der Waals surface area (Å²) in [5.41, 5.74) is 6.70. The van der Waals surface area contributed by atoms with Crippen LogP contribution in [0, 0.1) is 0 Å². The zero-order valence-electron chi connectivity index (χ0n) is 13.1. The Morgan fingerprint density at radius 2 is 2.00 bits per heavy atom. The van der Waals surface area contributed by atoms with Gasteiger partial charge >= 0.3 is 0 Å². The first-order valence-electron chi connectivity index (χ1n) is 7.00. The molecule has 0 spiro atoms. The van der Waals surface area contributed by atoms with Gasteiger partial charge in [0.05, 0.1) is 13.7 Å². The summed E-state index contributed by atoms with van der Waals surface area (Å²) >= 11 is 0. The number of ether oxygens (including phenoxy) is 2. The normalized spacial score (nSPS) is 11.4. The highest BCUT2D eigenvalue weighted by Gasteiger charge is 2.20. The van der Waals surface area contributed by atoms with Crippen molar-refractivity contribution < 1.29 is 9.47 Å². The van der Waals surface area contributed by atoms with Gasteiger partial charge in [0.1, 0.15) is 23.9 Å². The van der Waals surface area contributed by atoms with Crippen molar-refractivity contribution in [2.75, 3.05) is 19.5 Å². The van der Waals surface area contributed by atoms with Gasteiger partial charge in [0.2, 0.25) is 0 Å². The van der Waals surface area contributed by atoms with Crippen LogP contribution in [0.3, 0.4) is 0 Å². The first-order chi connectivity index (χ1) is 9.90. The zero-order valence-corrected chi connectivity index (χ0v) is 13.1. The molecule has 0 saturated carbocycles. The number of methoxy groups -OCH3 is 1. The molecule has 1 heterocycles. The molecule has 0 amide bonds. The molecule has 1 aromatic heterocycles. The minimum atomic E-state index is -0.0139. The van der Waals surface area contributed by atoms with Gasteiger partial charge in [0.15, 0.2) is 0 Å². The van der Waals surface area contributed by atoms with Crippen LogP contribution in [0.4, 0.5) is 5.82 Å². The van der Waals surface area contributed by atoms with Crippen molar-refractivity contribution in [2.45, 2.75) is 32.7 Å². The van der Waals surface area contributed by atoms with Gasteiger partial charge in [0, 0.05) is 11.8 Å². The fraction of sp³-hybridized carbons (Fsp3) is 0.438. The highest BCUT2D eigenvalue weighted by Crippen LogP contribution is 2.34. The van der Waals surface area contributed by atoms with Gasteiger partial charge in [-0.1, -0.05) is 20.8 Å². The van der Waals surface area contributed by atoms with Crippen LogP contribution < -0.4 is 15.2 Å². The van der Waals surface area contributed by atoms with Crippen LogP contribution in [0.15, 0.2) is 30.5 Å². The van der Waals surface area contributed by atoms with Crippen LogP contribution in [0.25, 0.3) is 0 Å². The Kier molecular flexibility index (Phi) is 4.40. The second-order valence-corrected chi connectivity index (χ2v) is 5.96. The second kappa shape index (κ2) is 6.08. The van der Waals surface area contributed by atoms with E-state index >= 15 is 0 Å². The van der Waals surface area contributed by atoms with E-state index in [1.54, 1.807) is 17.9 Å². The predicted molar refractivity (Wildman–Crippen MR) is 83.8 cm³/mol. The Balaban J connectivity index is 2.08. The number of anilines is 1. The van der Waals surface area contributed by atoms with Gasteiger partial charge in [-0.2, -0.15) is 5.10 Å². The van der Waals surface area contributed by atoms with Crippen molar-refractivity contribution >= 4 is 5.82 Å². The van der Waals surface area contributed by atoms with Gasteiger partial charge in [-0.25, -0.2) is 0 Å². The molecule has 0 aliphatic heterocycles. The third-order valence-corrected chi connectivity index (χ3v) is 3.23. The summed E-state index contributed by atoms with van der Waals surface area (Å²) in [5, 5.41) is 4.13. The Labute approximate surface area is 125 Å². The molecule has 0 unspecified atom stereocenters. The van der Waals surface area contributed by atoms with E-state index in [1.165, 1.54) is 0 Å². The van der Waals surface area contributed by atoms with E-state index in [-0.39, 0.29) is 5.41 Å². The summed E-state index contributed by atoms with van der Waals surface area (Å²) in [6.07, 6.45) is 1.84. The number of hydrogen-bond donors (Lipinski definition) is 1. The summed E-state index contributed by atoms with van der Waals surface area (Å²) in [5.74, 6) is 2.24. The number of nitrogens with zero attached hydrogens (tertiary/aromatic N) is 2. The molecule has 0 radical (unpaired) electrons. The minimum Gasteiger partial charge on any atom is -0.497 e. The van der Waals surface area contributed by atoms with E-state index < -0.39 is 0 Å². The van der Waals surface area contributed by atoms with Crippen LogP contribution in [-0.2, 0) is 12.0 Å². The maximum atomic E-state index is 5.92. The van der Waals surface area contributed by atoms with Gasteiger partial charge in [-0.15, -0.1) is 0 Å². The molecule has 2 rings (SSSR count). The molecular formula is C16H23N3O2. The third kappa shape index (κ3) is 3.90. The van der Waals surface area contributed by atoms with E-state index in [0.29, 0.717) is 19.0 Å². The molecule has 2 N–H and O–H groups in total. The highest BCUT2D eigenvalue weighted by atomic mass is 16.5. The third-order valence-electron chi connectivity index (χ3n) is 3.23. The molecule has 5 heteroatoms. The highest BCUT2D eigenvalue weighted by molar-refractivity contribution is 5.44. The van der Waals surface area contributed by atoms with Crippen molar-refractivity contribution in [3.63, 3.8) is 0 Å². The Morgan fingerprint density at radius 1 is 1.24 bits per heavy atom. The molecule has 5 nitrogen and oxygen atoms in total. The predicted octanol–water partition coefficient (Wildman–Crippen LogP) is 2.85. The van der Waals surface area contributed by atoms with Gasteiger partial charge in [0.25, 0.3) is 0 Å². The fourth-order valence-electron chi connectivity index (χ4n) is 2.10. The number of aromatic nitrogens is 2. The van der Waals surface area contributed by atoms with Gasteiger partial charge in [-0.3, -0.25) is 4.68 Å². The topological polar surface area (TPSA) is 62.3 Å². The summed E-state index contributed by atoms with van der Waals surface area (Å²) < 4.78 is 13.0. The van der Waals surface area contributed by atoms with Crippen molar-refractivity contribution in [3.05, 3.63) is 36.0 Å². The lowest BCUT2D eigenvalue weighted by atomic mass is 9.86. The van der Waals surface area contributed by atoms with E-state index in [9.17, 15) is 0 Å². The number of nitrogens with two attached hydrogens (primary N) is 1. The zero-order chi connectivity index (χ0) is 15.5. The van der Waals surface area contributed by atoms with Crippen molar-refractivity contribution in [2.24, 2.45) is 0 Å².